The van der Waals surface area contributed by atoms with Crippen molar-refractivity contribution in [2.75, 3.05) is 5.32 Å². The zero-order valence-corrected chi connectivity index (χ0v) is 16.9. The number of carbonyl (C=O) groups excluding carboxylic acids is 1. The first kappa shape index (κ1) is 20.3. The summed E-state index contributed by atoms with van der Waals surface area (Å²) in [6, 6.07) is 11.2. The number of amides is 1. The van der Waals surface area contributed by atoms with Gasteiger partial charge in [-0.2, -0.15) is 0 Å². The van der Waals surface area contributed by atoms with Crippen LogP contribution in [0.2, 0.25) is 10.0 Å². The van der Waals surface area contributed by atoms with E-state index in [4.69, 9.17) is 23.2 Å². The van der Waals surface area contributed by atoms with E-state index >= 15 is 0 Å². The van der Waals surface area contributed by atoms with Gasteiger partial charge in [-0.05, 0) is 54.8 Å². The normalized spacial score (nSPS) is 16.9. The van der Waals surface area contributed by atoms with E-state index in [1.165, 1.54) is 12.1 Å². The highest BCUT2D eigenvalue weighted by Gasteiger charge is 2.27. The van der Waals surface area contributed by atoms with Crippen molar-refractivity contribution >= 4 is 45.2 Å². The van der Waals surface area contributed by atoms with Crippen molar-refractivity contribution in [1.82, 2.24) is 4.72 Å². The second-order valence-electron chi connectivity index (χ2n) is 6.60. The summed E-state index contributed by atoms with van der Waals surface area (Å²) in [6.07, 6.45) is 4.00. The van der Waals surface area contributed by atoms with Crippen molar-refractivity contribution in [3.63, 3.8) is 0 Å². The molecule has 0 spiro atoms. The number of benzene rings is 2. The van der Waals surface area contributed by atoms with Gasteiger partial charge in [0.2, 0.25) is 5.91 Å². The van der Waals surface area contributed by atoms with Gasteiger partial charge in [0.15, 0.2) is 15.3 Å². The Bertz CT molecular complexity index is 868. The Balaban J connectivity index is 1.60. The Labute approximate surface area is 169 Å². The summed E-state index contributed by atoms with van der Waals surface area (Å²) < 4.78 is 27.5. The zero-order chi connectivity index (χ0) is 19.4. The minimum Gasteiger partial charge on any atom is -0.593 e. The smallest absolute Gasteiger partial charge is 0.228 e. The summed E-state index contributed by atoms with van der Waals surface area (Å²) >= 11 is 11.8. The van der Waals surface area contributed by atoms with E-state index in [0.717, 1.165) is 31.2 Å². The maximum absolute atomic E-state index is 12.4. The second kappa shape index (κ2) is 8.71. The van der Waals surface area contributed by atoms with Gasteiger partial charge < -0.3 is 9.87 Å². The number of hydrogen-bond donors (Lipinski definition) is 2. The molecule has 0 radical (unpaired) electrons. The predicted octanol–water partition coefficient (Wildman–Crippen LogP) is 4.61. The monoisotopic (exact) mass is 426 g/mol. The van der Waals surface area contributed by atoms with Crippen molar-refractivity contribution in [1.29, 1.82) is 0 Å². The van der Waals surface area contributed by atoms with E-state index in [1.54, 1.807) is 30.3 Å². The Hall–Kier alpha value is -1.44. The van der Waals surface area contributed by atoms with Crippen LogP contribution < -0.4 is 10.0 Å². The van der Waals surface area contributed by atoms with Crippen LogP contribution in [0.25, 0.3) is 0 Å². The lowest BCUT2D eigenvalue weighted by atomic mass is 10.1. The van der Waals surface area contributed by atoms with E-state index in [-0.39, 0.29) is 23.3 Å². The van der Waals surface area contributed by atoms with Crippen LogP contribution in [0.5, 0.6) is 0 Å². The molecular weight excluding hydrogens is 407 g/mol. The Kier molecular flexibility index (Phi) is 6.55. The molecule has 0 bridgehead atoms. The van der Waals surface area contributed by atoms with Crippen molar-refractivity contribution in [3.8, 4) is 0 Å². The third kappa shape index (κ3) is 5.53. The van der Waals surface area contributed by atoms with E-state index in [1.807, 2.05) is 0 Å². The number of anilines is 1. The van der Waals surface area contributed by atoms with Crippen LogP contribution >= 0.6 is 23.2 Å². The zero-order valence-electron chi connectivity index (χ0n) is 14.5. The van der Waals surface area contributed by atoms with Gasteiger partial charge in [0.25, 0.3) is 0 Å². The molecule has 5 nitrogen and oxygen atoms in total. The molecule has 1 atom stereocenters. The van der Waals surface area contributed by atoms with Gasteiger partial charge in [-0.25, -0.2) is 0 Å². The van der Waals surface area contributed by atoms with Crippen LogP contribution in [0.15, 0.2) is 47.4 Å². The van der Waals surface area contributed by atoms with Crippen molar-refractivity contribution in [2.24, 2.45) is 0 Å². The van der Waals surface area contributed by atoms with Crippen molar-refractivity contribution in [2.45, 2.75) is 43.0 Å². The SMILES string of the molecule is O=C(Cc1ccc(Cl)c(Cl)c1)Nc1ccc([S+](=O)([O-])NC2CCCC2)cc1. The molecule has 1 unspecified atom stereocenters. The summed E-state index contributed by atoms with van der Waals surface area (Å²) in [6.45, 7) is 0. The Morgan fingerprint density at radius 1 is 1.07 bits per heavy atom. The van der Waals surface area contributed by atoms with E-state index < -0.39 is 10.4 Å². The molecule has 1 aliphatic rings. The number of carbonyl (C=O) groups is 1. The van der Waals surface area contributed by atoms with Gasteiger partial charge in [-0.1, -0.05) is 46.3 Å². The fraction of sp³-hybridized carbons (Fsp3) is 0.316. The third-order valence-corrected chi connectivity index (χ3v) is 6.75. The average molecular weight is 427 g/mol. The van der Waals surface area contributed by atoms with E-state index in [0.29, 0.717) is 15.7 Å². The third-order valence-electron chi connectivity index (χ3n) is 4.47. The van der Waals surface area contributed by atoms with Crippen LogP contribution in [0.3, 0.4) is 0 Å². The number of halogens is 2. The second-order valence-corrected chi connectivity index (χ2v) is 9.13. The van der Waals surface area contributed by atoms with Crippen LogP contribution in [0.4, 0.5) is 5.69 Å². The highest BCUT2D eigenvalue weighted by atomic mass is 35.5. The maximum atomic E-state index is 12.4. The molecular formula is C19H20Cl2N2O3S. The quantitative estimate of drug-likeness (QED) is 0.661. The van der Waals surface area contributed by atoms with Gasteiger partial charge in [0.1, 0.15) is 0 Å². The van der Waals surface area contributed by atoms with Crippen molar-refractivity contribution in [3.05, 3.63) is 58.1 Å². The minimum absolute atomic E-state index is 0.0144. The van der Waals surface area contributed by atoms with Crippen LogP contribution in [-0.4, -0.2) is 16.5 Å². The molecule has 3 rings (SSSR count). The predicted molar refractivity (Wildman–Crippen MR) is 108 cm³/mol. The lowest BCUT2D eigenvalue weighted by Gasteiger charge is -2.19. The van der Waals surface area contributed by atoms with Crippen LogP contribution in [0.1, 0.15) is 31.2 Å². The lowest BCUT2D eigenvalue weighted by Crippen LogP contribution is -2.37. The fourth-order valence-corrected chi connectivity index (χ4v) is 4.71. The summed E-state index contributed by atoms with van der Waals surface area (Å²) in [4.78, 5) is 12.4. The molecule has 8 heteroatoms. The van der Waals surface area contributed by atoms with Gasteiger partial charge in [-0.3, -0.25) is 4.79 Å². The Morgan fingerprint density at radius 2 is 1.74 bits per heavy atom. The molecule has 0 aromatic heterocycles. The summed E-state index contributed by atoms with van der Waals surface area (Å²) in [5.74, 6) is -0.229. The Morgan fingerprint density at radius 3 is 2.37 bits per heavy atom. The molecule has 2 aromatic rings. The molecule has 27 heavy (non-hydrogen) atoms. The number of sulfonamides is 1. The molecule has 144 valence electrons. The summed E-state index contributed by atoms with van der Waals surface area (Å²) in [5.41, 5.74) is 1.27. The highest BCUT2D eigenvalue weighted by Crippen LogP contribution is 2.24. The molecule has 2 N–H and O–H groups in total. The first-order chi connectivity index (χ1) is 12.8. The summed E-state index contributed by atoms with van der Waals surface area (Å²) in [7, 11) is -3.54. The summed E-state index contributed by atoms with van der Waals surface area (Å²) in [5, 5.41) is 3.57. The minimum atomic E-state index is -3.54. The molecule has 1 amide bonds. The van der Waals surface area contributed by atoms with Crippen LogP contribution in [0, 0.1) is 0 Å². The van der Waals surface area contributed by atoms with E-state index in [9.17, 15) is 13.6 Å². The van der Waals surface area contributed by atoms with Crippen molar-refractivity contribution < 1.29 is 13.6 Å². The maximum Gasteiger partial charge on any atom is 0.228 e. The number of hydrogen-bond acceptors (Lipinski definition) is 3. The molecule has 0 aliphatic heterocycles. The molecule has 0 saturated heterocycles. The largest absolute Gasteiger partial charge is 0.593 e. The number of rotatable bonds is 6. The standard InChI is InChI=1S/C19H20Cl2N2O3S/c20-17-10-5-13(11-18(17)21)12-19(24)22-14-6-8-16(9-7-14)27(25,26)23-15-3-1-2-4-15/h5-11,15H,1-4,12H2,(H2-,22,23,24,25,26). The lowest BCUT2D eigenvalue weighted by molar-refractivity contribution is -0.115. The topological polar surface area (TPSA) is 81.3 Å². The average Bonchev–Trinajstić information content (AvgIpc) is 3.11. The van der Waals surface area contributed by atoms with E-state index in [2.05, 4.69) is 10.0 Å². The fourth-order valence-electron chi connectivity index (χ4n) is 3.09. The molecule has 1 aliphatic carbocycles. The number of nitrogens with one attached hydrogen (secondary N) is 2. The van der Waals surface area contributed by atoms with Gasteiger partial charge >= 0.3 is 0 Å². The van der Waals surface area contributed by atoms with Gasteiger partial charge in [-0.15, -0.1) is 4.72 Å². The first-order valence-electron chi connectivity index (χ1n) is 8.70. The highest BCUT2D eigenvalue weighted by molar-refractivity contribution is 7.95. The van der Waals surface area contributed by atoms with Gasteiger partial charge in [0.05, 0.1) is 22.5 Å². The molecule has 1 saturated carbocycles. The van der Waals surface area contributed by atoms with Crippen LogP contribution in [-0.2, 0) is 25.8 Å². The molecule has 0 heterocycles. The molecule has 1 fully saturated rings. The van der Waals surface area contributed by atoms with Gasteiger partial charge in [0, 0.05) is 5.69 Å². The molecule has 2 aromatic carbocycles. The first-order valence-corrected chi connectivity index (χ1v) is 10.9.